The van der Waals surface area contributed by atoms with Crippen molar-refractivity contribution in [3.05, 3.63) is 49.6 Å². The molecule has 130 valence electrons. The van der Waals surface area contributed by atoms with Crippen molar-refractivity contribution in [2.24, 2.45) is 0 Å². The molecule has 0 bridgehead atoms. The standard InChI is InChI=1S/C19H26N2O3/c1-3-10-21(11-4-2)14-19(22)20-16-7-5-8-17(13-16)24-15-18-9-6-12-23-18/h3-5,7-8,13,18H,1-2,6,9-12,14-15H2,(H,20,22). The second kappa shape index (κ2) is 9.90. The number of anilines is 1. The van der Waals surface area contributed by atoms with Crippen LogP contribution in [0.2, 0.25) is 0 Å². The van der Waals surface area contributed by atoms with Crippen molar-refractivity contribution in [1.29, 1.82) is 0 Å². The van der Waals surface area contributed by atoms with Gasteiger partial charge in [-0.15, -0.1) is 13.2 Å². The topological polar surface area (TPSA) is 50.8 Å². The van der Waals surface area contributed by atoms with Gasteiger partial charge in [0.1, 0.15) is 12.4 Å². The zero-order chi connectivity index (χ0) is 17.2. The van der Waals surface area contributed by atoms with Crippen LogP contribution in [-0.4, -0.2) is 49.8 Å². The molecule has 1 fully saturated rings. The van der Waals surface area contributed by atoms with Crippen molar-refractivity contribution in [3.63, 3.8) is 0 Å². The molecule has 1 heterocycles. The Morgan fingerprint density at radius 1 is 1.38 bits per heavy atom. The average molecular weight is 330 g/mol. The highest BCUT2D eigenvalue weighted by Gasteiger charge is 2.16. The van der Waals surface area contributed by atoms with Gasteiger partial charge in [0.15, 0.2) is 0 Å². The molecule has 1 unspecified atom stereocenters. The number of benzene rings is 1. The summed E-state index contributed by atoms with van der Waals surface area (Å²) < 4.78 is 11.3. The average Bonchev–Trinajstić information content (AvgIpc) is 3.07. The quantitative estimate of drug-likeness (QED) is 0.670. The maximum absolute atomic E-state index is 12.2. The summed E-state index contributed by atoms with van der Waals surface area (Å²) in [6.07, 6.45) is 5.86. The van der Waals surface area contributed by atoms with Gasteiger partial charge < -0.3 is 14.8 Å². The number of nitrogens with one attached hydrogen (secondary N) is 1. The Morgan fingerprint density at radius 3 is 2.83 bits per heavy atom. The number of carbonyl (C=O) groups is 1. The molecule has 0 spiro atoms. The smallest absolute Gasteiger partial charge is 0.238 e. The summed E-state index contributed by atoms with van der Waals surface area (Å²) in [4.78, 5) is 14.1. The Hall–Kier alpha value is -2.11. The monoisotopic (exact) mass is 330 g/mol. The third kappa shape index (κ3) is 6.18. The molecule has 1 aliphatic rings. The van der Waals surface area contributed by atoms with E-state index in [2.05, 4.69) is 18.5 Å². The number of nitrogens with zero attached hydrogens (tertiary/aromatic N) is 1. The number of rotatable bonds is 10. The molecular formula is C19H26N2O3. The number of carbonyl (C=O) groups excluding carboxylic acids is 1. The van der Waals surface area contributed by atoms with Crippen molar-refractivity contribution in [2.75, 3.05) is 38.2 Å². The maximum atomic E-state index is 12.2. The summed E-state index contributed by atoms with van der Waals surface area (Å²) in [5, 5.41) is 2.90. The Labute approximate surface area is 143 Å². The van der Waals surface area contributed by atoms with Gasteiger partial charge in [0, 0.05) is 31.5 Å². The summed E-state index contributed by atoms with van der Waals surface area (Å²) >= 11 is 0. The molecule has 1 saturated heterocycles. The van der Waals surface area contributed by atoms with E-state index < -0.39 is 0 Å². The molecule has 5 heteroatoms. The van der Waals surface area contributed by atoms with Crippen LogP contribution >= 0.6 is 0 Å². The molecule has 5 nitrogen and oxygen atoms in total. The number of ether oxygens (including phenoxy) is 2. The zero-order valence-corrected chi connectivity index (χ0v) is 14.1. The van der Waals surface area contributed by atoms with E-state index in [-0.39, 0.29) is 12.0 Å². The van der Waals surface area contributed by atoms with E-state index in [1.54, 1.807) is 12.2 Å². The lowest BCUT2D eigenvalue weighted by Gasteiger charge is -2.18. The van der Waals surface area contributed by atoms with Crippen LogP contribution in [0.15, 0.2) is 49.6 Å². The lowest BCUT2D eigenvalue weighted by atomic mass is 10.2. The van der Waals surface area contributed by atoms with E-state index in [9.17, 15) is 4.79 Å². The largest absolute Gasteiger partial charge is 0.491 e. The molecule has 1 aliphatic heterocycles. The maximum Gasteiger partial charge on any atom is 0.238 e. The van der Waals surface area contributed by atoms with Crippen molar-refractivity contribution >= 4 is 11.6 Å². The first-order valence-electron chi connectivity index (χ1n) is 8.29. The molecule has 1 aromatic carbocycles. The molecule has 0 radical (unpaired) electrons. The number of amides is 1. The molecule has 2 rings (SSSR count). The molecule has 1 aromatic rings. The molecule has 1 N–H and O–H groups in total. The van der Waals surface area contributed by atoms with Crippen LogP contribution in [0.25, 0.3) is 0 Å². The molecule has 0 aliphatic carbocycles. The van der Waals surface area contributed by atoms with Gasteiger partial charge in [-0.25, -0.2) is 0 Å². The predicted molar refractivity (Wildman–Crippen MR) is 96.4 cm³/mol. The van der Waals surface area contributed by atoms with Crippen LogP contribution in [0.3, 0.4) is 0 Å². The number of hydrogen-bond donors (Lipinski definition) is 1. The predicted octanol–water partition coefficient (Wildman–Crippen LogP) is 2.86. The Morgan fingerprint density at radius 2 is 2.17 bits per heavy atom. The van der Waals surface area contributed by atoms with Crippen molar-refractivity contribution in [2.45, 2.75) is 18.9 Å². The van der Waals surface area contributed by atoms with Crippen LogP contribution in [-0.2, 0) is 9.53 Å². The van der Waals surface area contributed by atoms with Gasteiger partial charge >= 0.3 is 0 Å². The van der Waals surface area contributed by atoms with Gasteiger partial charge in [-0.05, 0) is 25.0 Å². The first-order valence-corrected chi connectivity index (χ1v) is 8.29. The Balaban J connectivity index is 1.84. The molecule has 24 heavy (non-hydrogen) atoms. The molecular weight excluding hydrogens is 304 g/mol. The van der Waals surface area contributed by atoms with Crippen LogP contribution in [0.5, 0.6) is 5.75 Å². The van der Waals surface area contributed by atoms with Gasteiger partial charge in [0.2, 0.25) is 5.91 Å². The summed E-state index contributed by atoms with van der Waals surface area (Å²) in [5.74, 6) is 0.660. The SMILES string of the molecule is C=CCN(CC=C)CC(=O)Nc1cccc(OCC2CCCO2)c1. The lowest BCUT2D eigenvalue weighted by Crippen LogP contribution is -2.33. The van der Waals surface area contributed by atoms with Crippen LogP contribution < -0.4 is 10.1 Å². The summed E-state index contributed by atoms with van der Waals surface area (Å²) in [5.41, 5.74) is 0.724. The fourth-order valence-corrected chi connectivity index (χ4v) is 2.60. The fraction of sp³-hybridized carbons (Fsp3) is 0.421. The van der Waals surface area contributed by atoms with E-state index in [0.717, 1.165) is 30.9 Å². The van der Waals surface area contributed by atoms with Gasteiger partial charge in [-0.3, -0.25) is 9.69 Å². The second-order valence-electron chi connectivity index (χ2n) is 5.79. The van der Waals surface area contributed by atoms with E-state index in [1.165, 1.54) is 0 Å². The minimum Gasteiger partial charge on any atom is -0.491 e. The lowest BCUT2D eigenvalue weighted by molar-refractivity contribution is -0.117. The van der Waals surface area contributed by atoms with Gasteiger partial charge in [0.25, 0.3) is 0 Å². The van der Waals surface area contributed by atoms with Gasteiger partial charge in [0.05, 0.1) is 12.6 Å². The minimum atomic E-state index is -0.0741. The van der Waals surface area contributed by atoms with Crippen molar-refractivity contribution in [3.8, 4) is 5.75 Å². The highest BCUT2D eigenvalue weighted by Crippen LogP contribution is 2.19. The summed E-state index contributed by atoms with van der Waals surface area (Å²) in [7, 11) is 0. The molecule has 0 saturated carbocycles. The van der Waals surface area contributed by atoms with E-state index >= 15 is 0 Å². The molecule has 0 aromatic heterocycles. The highest BCUT2D eigenvalue weighted by atomic mass is 16.5. The van der Waals surface area contributed by atoms with Crippen molar-refractivity contribution < 1.29 is 14.3 Å². The number of hydrogen-bond acceptors (Lipinski definition) is 4. The van der Waals surface area contributed by atoms with Crippen molar-refractivity contribution in [1.82, 2.24) is 4.90 Å². The van der Waals surface area contributed by atoms with E-state index in [4.69, 9.17) is 9.47 Å². The first-order chi connectivity index (χ1) is 11.7. The highest BCUT2D eigenvalue weighted by molar-refractivity contribution is 5.92. The third-order valence-corrected chi connectivity index (χ3v) is 3.72. The minimum absolute atomic E-state index is 0.0741. The van der Waals surface area contributed by atoms with E-state index in [0.29, 0.717) is 26.2 Å². The van der Waals surface area contributed by atoms with Crippen LogP contribution in [0.1, 0.15) is 12.8 Å². The normalized spacial score (nSPS) is 16.8. The first kappa shape index (κ1) is 18.2. The Kier molecular flexibility index (Phi) is 7.52. The molecule has 1 amide bonds. The Bertz CT molecular complexity index is 543. The van der Waals surface area contributed by atoms with Gasteiger partial charge in [-0.1, -0.05) is 18.2 Å². The third-order valence-electron chi connectivity index (χ3n) is 3.72. The summed E-state index contributed by atoms with van der Waals surface area (Å²) in [6.45, 7) is 10.3. The zero-order valence-electron chi connectivity index (χ0n) is 14.1. The second-order valence-corrected chi connectivity index (χ2v) is 5.79. The van der Waals surface area contributed by atoms with E-state index in [1.807, 2.05) is 29.2 Å². The fourth-order valence-electron chi connectivity index (χ4n) is 2.60. The van der Waals surface area contributed by atoms with Crippen LogP contribution in [0, 0.1) is 0 Å². The van der Waals surface area contributed by atoms with Gasteiger partial charge in [-0.2, -0.15) is 0 Å². The molecule has 1 atom stereocenters. The van der Waals surface area contributed by atoms with Crippen LogP contribution in [0.4, 0.5) is 5.69 Å². The summed E-state index contributed by atoms with van der Waals surface area (Å²) in [6, 6.07) is 7.43.